The number of rotatable bonds is 5. The fourth-order valence-electron chi connectivity index (χ4n) is 2.55. The summed E-state index contributed by atoms with van der Waals surface area (Å²) < 4.78 is 0. The third-order valence-electron chi connectivity index (χ3n) is 3.92. The normalized spacial score (nSPS) is 16.0. The van der Waals surface area contributed by atoms with Crippen LogP contribution in [0.15, 0.2) is 24.0 Å². The van der Waals surface area contributed by atoms with E-state index in [2.05, 4.69) is 54.0 Å². The number of nitrogens with zero attached hydrogens (tertiary/aromatic N) is 3. The highest BCUT2D eigenvalue weighted by molar-refractivity contribution is 5.39. The predicted molar refractivity (Wildman–Crippen MR) is 88.4 cm³/mol. The average molecular weight is 288 g/mol. The Labute approximate surface area is 128 Å². The van der Waals surface area contributed by atoms with Crippen LogP contribution in [0.25, 0.3) is 0 Å². The molecule has 0 spiro atoms. The maximum Gasteiger partial charge on any atom is 0.147 e. The number of hydrogen-bond donors (Lipinski definition) is 1. The summed E-state index contributed by atoms with van der Waals surface area (Å²) in [6.45, 7) is 12.8. The van der Waals surface area contributed by atoms with Gasteiger partial charge in [0, 0.05) is 19.6 Å². The van der Waals surface area contributed by atoms with Crippen LogP contribution in [0.4, 0.5) is 5.82 Å². The number of anilines is 1. The molecule has 4 heteroatoms. The first kappa shape index (κ1) is 16.0. The Kier molecular flexibility index (Phi) is 5.34. The second kappa shape index (κ2) is 7.03. The molecule has 0 aromatic carbocycles. The summed E-state index contributed by atoms with van der Waals surface area (Å²) in [5.74, 6) is 0.985. The molecule has 0 atom stereocenters. The SMILES string of the molecule is CCCNCc1cnc(N2CC=C(C(C)(C)C)CC2)cn1. The largest absolute Gasteiger partial charge is 0.351 e. The molecule has 0 radical (unpaired) electrons. The van der Waals surface area contributed by atoms with Crippen LogP contribution in [0.2, 0.25) is 0 Å². The van der Waals surface area contributed by atoms with Crippen molar-refractivity contribution >= 4 is 5.82 Å². The highest BCUT2D eigenvalue weighted by atomic mass is 15.2. The van der Waals surface area contributed by atoms with E-state index >= 15 is 0 Å². The Bertz CT molecular complexity index is 471. The van der Waals surface area contributed by atoms with Crippen LogP contribution < -0.4 is 10.2 Å². The summed E-state index contributed by atoms with van der Waals surface area (Å²) >= 11 is 0. The number of nitrogens with one attached hydrogen (secondary N) is 1. The molecule has 0 bridgehead atoms. The number of hydrogen-bond acceptors (Lipinski definition) is 4. The monoisotopic (exact) mass is 288 g/mol. The van der Waals surface area contributed by atoms with Crippen molar-refractivity contribution < 1.29 is 0 Å². The van der Waals surface area contributed by atoms with E-state index < -0.39 is 0 Å². The molecule has 1 aliphatic heterocycles. The van der Waals surface area contributed by atoms with Crippen LogP contribution in [-0.2, 0) is 6.54 Å². The lowest BCUT2D eigenvalue weighted by atomic mass is 9.83. The van der Waals surface area contributed by atoms with Crippen LogP contribution in [0.3, 0.4) is 0 Å². The molecule has 1 N–H and O–H groups in total. The topological polar surface area (TPSA) is 41.1 Å². The van der Waals surface area contributed by atoms with Crippen molar-refractivity contribution in [1.29, 1.82) is 0 Å². The Balaban J connectivity index is 1.93. The van der Waals surface area contributed by atoms with Crippen molar-refractivity contribution in [3.8, 4) is 0 Å². The maximum atomic E-state index is 4.56. The molecule has 0 fully saturated rings. The zero-order valence-electron chi connectivity index (χ0n) is 13.8. The van der Waals surface area contributed by atoms with Gasteiger partial charge < -0.3 is 10.2 Å². The fraction of sp³-hybridized carbons (Fsp3) is 0.647. The lowest BCUT2D eigenvalue weighted by Crippen LogP contribution is -2.32. The average Bonchev–Trinajstić information content (AvgIpc) is 2.48. The molecule has 2 heterocycles. The van der Waals surface area contributed by atoms with Gasteiger partial charge in [-0.3, -0.25) is 4.98 Å². The zero-order valence-corrected chi connectivity index (χ0v) is 13.8. The molecule has 0 aliphatic carbocycles. The molecular weight excluding hydrogens is 260 g/mol. The van der Waals surface area contributed by atoms with Gasteiger partial charge in [-0.1, -0.05) is 39.3 Å². The van der Waals surface area contributed by atoms with Gasteiger partial charge in [-0.15, -0.1) is 0 Å². The quantitative estimate of drug-likeness (QED) is 0.667. The van der Waals surface area contributed by atoms with Crippen molar-refractivity contribution in [2.45, 2.75) is 47.1 Å². The van der Waals surface area contributed by atoms with Crippen molar-refractivity contribution in [3.05, 3.63) is 29.7 Å². The lowest BCUT2D eigenvalue weighted by Gasteiger charge is -2.32. The standard InChI is InChI=1S/C17H28N4/c1-5-8-18-11-15-12-20-16(13-19-15)21-9-6-14(7-10-21)17(2,3)4/h6,12-13,18H,5,7-11H2,1-4H3. The second-order valence-corrected chi connectivity index (χ2v) is 6.72. The van der Waals surface area contributed by atoms with Gasteiger partial charge in [0.2, 0.25) is 0 Å². The van der Waals surface area contributed by atoms with Gasteiger partial charge in [0.15, 0.2) is 0 Å². The first-order valence-electron chi connectivity index (χ1n) is 7.97. The molecule has 0 amide bonds. The van der Waals surface area contributed by atoms with E-state index in [0.717, 1.165) is 50.5 Å². The van der Waals surface area contributed by atoms with E-state index in [0.29, 0.717) is 0 Å². The lowest BCUT2D eigenvalue weighted by molar-refractivity contribution is 0.472. The van der Waals surface area contributed by atoms with Crippen molar-refractivity contribution in [3.63, 3.8) is 0 Å². The van der Waals surface area contributed by atoms with E-state index in [-0.39, 0.29) is 5.41 Å². The summed E-state index contributed by atoms with van der Waals surface area (Å²) in [6, 6.07) is 0. The number of aromatic nitrogens is 2. The molecule has 4 nitrogen and oxygen atoms in total. The third kappa shape index (κ3) is 4.53. The Morgan fingerprint density at radius 1 is 1.24 bits per heavy atom. The minimum absolute atomic E-state index is 0.284. The summed E-state index contributed by atoms with van der Waals surface area (Å²) in [6.07, 6.45) is 8.40. The minimum Gasteiger partial charge on any atom is -0.351 e. The van der Waals surface area contributed by atoms with Crippen molar-refractivity contribution in [1.82, 2.24) is 15.3 Å². The van der Waals surface area contributed by atoms with Gasteiger partial charge in [-0.25, -0.2) is 4.98 Å². The van der Waals surface area contributed by atoms with Gasteiger partial charge in [-0.2, -0.15) is 0 Å². The van der Waals surface area contributed by atoms with Crippen LogP contribution in [0.1, 0.15) is 46.2 Å². The summed E-state index contributed by atoms with van der Waals surface area (Å²) in [4.78, 5) is 11.4. The minimum atomic E-state index is 0.284. The molecule has 1 aromatic rings. The van der Waals surface area contributed by atoms with Crippen LogP contribution in [0, 0.1) is 5.41 Å². The third-order valence-corrected chi connectivity index (χ3v) is 3.92. The Morgan fingerprint density at radius 3 is 2.57 bits per heavy atom. The molecule has 2 rings (SSSR count). The van der Waals surface area contributed by atoms with Crippen LogP contribution in [-0.4, -0.2) is 29.6 Å². The summed E-state index contributed by atoms with van der Waals surface area (Å²) in [5, 5.41) is 3.35. The van der Waals surface area contributed by atoms with E-state index in [9.17, 15) is 0 Å². The van der Waals surface area contributed by atoms with Crippen LogP contribution >= 0.6 is 0 Å². The van der Waals surface area contributed by atoms with Gasteiger partial charge in [-0.05, 0) is 24.8 Å². The highest BCUT2D eigenvalue weighted by Crippen LogP contribution is 2.30. The van der Waals surface area contributed by atoms with E-state index in [1.165, 1.54) is 0 Å². The summed E-state index contributed by atoms with van der Waals surface area (Å²) in [7, 11) is 0. The zero-order chi connectivity index (χ0) is 15.3. The first-order valence-corrected chi connectivity index (χ1v) is 7.97. The molecular formula is C17H28N4. The van der Waals surface area contributed by atoms with Gasteiger partial charge >= 0.3 is 0 Å². The fourth-order valence-corrected chi connectivity index (χ4v) is 2.55. The smallest absolute Gasteiger partial charge is 0.147 e. The molecule has 116 valence electrons. The molecule has 0 unspecified atom stereocenters. The Morgan fingerprint density at radius 2 is 2.05 bits per heavy atom. The first-order chi connectivity index (χ1) is 10.0. The van der Waals surface area contributed by atoms with Crippen molar-refractivity contribution in [2.24, 2.45) is 5.41 Å². The Hall–Kier alpha value is -1.42. The molecule has 0 saturated carbocycles. The van der Waals surface area contributed by atoms with Gasteiger partial charge in [0.05, 0.1) is 18.1 Å². The van der Waals surface area contributed by atoms with Crippen LogP contribution in [0.5, 0.6) is 0 Å². The van der Waals surface area contributed by atoms with E-state index in [1.54, 1.807) is 5.57 Å². The maximum absolute atomic E-state index is 4.56. The molecule has 1 aromatic heterocycles. The highest BCUT2D eigenvalue weighted by Gasteiger charge is 2.21. The molecule has 0 saturated heterocycles. The van der Waals surface area contributed by atoms with Gasteiger partial charge in [0.25, 0.3) is 0 Å². The van der Waals surface area contributed by atoms with E-state index in [4.69, 9.17) is 0 Å². The summed E-state index contributed by atoms with van der Waals surface area (Å²) in [5.41, 5.74) is 2.84. The van der Waals surface area contributed by atoms with Crippen molar-refractivity contribution in [2.75, 3.05) is 24.5 Å². The van der Waals surface area contributed by atoms with Gasteiger partial charge in [0.1, 0.15) is 5.82 Å². The second-order valence-electron chi connectivity index (χ2n) is 6.72. The van der Waals surface area contributed by atoms with E-state index in [1.807, 2.05) is 12.4 Å². The molecule has 1 aliphatic rings. The molecule has 21 heavy (non-hydrogen) atoms. The predicted octanol–water partition coefficient (Wildman–Crippen LogP) is 3.16.